The fourth-order valence-electron chi connectivity index (χ4n) is 3.16. The number of nitrogens with one attached hydrogen (secondary N) is 1. The van der Waals surface area contributed by atoms with Crippen LogP contribution >= 0.6 is 0 Å². The molecule has 2 aromatic rings. The van der Waals surface area contributed by atoms with Gasteiger partial charge in [-0.3, -0.25) is 4.57 Å². The van der Waals surface area contributed by atoms with Crippen LogP contribution in [0.4, 0.5) is 0 Å². The summed E-state index contributed by atoms with van der Waals surface area (Å²) < 4.78 is 29.8. The molecule has 1 N–H and O–H groups in total. The van der Waals surface area contributed by atoms with Gasteiger partial charge in [0.15, 0.2) is 0 Å². The fourth-order valence-corrected chi connectivity index (χ4v) is 4.61. The number of imidazole rings is 1. The Balaban J connectivity index is 1.70. The first-order valence-corrected chi connectivity index (χ1v) is 9.83. The Hall–Kier alpha value is -1.73. The van der Waals surface area contributed by atoms with Crippen LogP contribution in [-0.2, 0) is 16.6 Å². The van der Waals surface area contributed by atoms with E-state index in [0.717, 1.165) is 31.2 Å². The van der Waals surface area contributed by atoms with Gasteiger partial charge in [-0.05, 0) is 37.2 Å². The van der Waals surface area contributed by atoms with E-state index in [1.54, 1.807) is 29.5 Å². The van der Waals surface area contributed by atoms with Crippen LogP contribution in [0.3, 0.4) is 0 Å². The predicted octanol–water partition coefficient (Wildman–Crippen LogP) is 2.66. The third-order valence-corrected chi connectivity index (χ3v) is 6.70. The smallest absolute Gasteiger partial charge is 0.214 e. The van der Waals surface area contributed by atoms with E-state index in [2.05, 4.69) is 28.5 Å². The number of hydrogen-bond donors (Lipinski definition) is 1. The van der Waals surface area contributed by atoms with Crippen molar-refractivity contribution < 1.29 is 8.42 Å². The van der Waals surface area contributed by atoms with Crippen molar-refractivity contribution in [3.63, 3.8) is 0 Å². The zero-order valence-electron chi connectivity index (χ0n) is 14.1. The number of nitrogens with zero attached hydrogens (tertiary/aromatic N) is 3. The molecule has 0 spiro atoms. The molecule has 2 aromatic heterocycles. The van der Waals surface area contributed by atoms with Crippen LogP contribution in [0, 0.1) is 5.41 Å². The minimum absolute atomic E-state index is 0.240. The van der Waals surface area contributed by atoms with Gasteiger partial charge < -0.3 is 0 Å². The molecule has 0 unspecified atom stereocenters. The van der Waals surface area contributed by atoms with Gasteiger partial charge in [0.2, 0.25) is 10.0 Å². The van der Waals surface area contributed by atoms with Crippen molar-refractivity contribution in [3.05, 3.63) is 42.6 Å². The molecule has 0 aliphatic heterocycles. The maximum atomic E-state index is 12.6. The average Bonchev–Trinajstić information content (AvgIpc) is 3.07. The van der Waals surface area contributed by atoms with Gasteiger partial charge in [-0.2, -0.15) is 0 Å². The lowest BCUT2D eigenvalue weighted by Crippen LogP contribution is -2.38. The first-order chi connectivity index (χ1) is 11.4. The minimum atomic E-state index is -3.32. The quantitative estimate of drug-likeness (QED) is 0.901. The van der Waals surface area contributed by atoms with Gasteiger partial charge in [-0.1, -0.05) is 19.9 Å². The van der Waals surface area contributed by atoms with Crippen LogP contribution in [0.5, 0.6) is 0 Å². The Labute approximate surface area is 143 Å². The molecule has 1 fully saturated rings. The van der Waals surface area contributed by atoms with Gasteiger partial charge in [-0.25, -0.2) is 23.1 Å². The summed E-state index contributed by atoms with van der Waals surface area (Å²) in [7, 11) is -3.32. The molecule has 7 heteroatoms. The fraction of sp³-hybridized carbons (Fsp3) is 0.529. The lowest BCUT2D eigenvalue weighted by molar-refractivity contribution is 0.245. The molecule has 0 amide bonds. The molecule has 2 heterocycles. The van der Waals surface area contributed by atoms with E-state index in [4.69, 9.17) is 0 Å². The second-order valence-electron chi connectivity index (χ2n) is 7.19. The highest BCUT2D eigenvalue weighted by Crippen LogP contribution is 2.37. The monoisotopic (exact) mass is 348 g/mol. The summed E-state index contributed by atoms with van der Waals surface area (Å²) in [6.45, 7) is 4.65. The molecule has 1 saturated carbocycles. The molecule has 0 atom stereocenters. The van der Waals surface area contributed by atoms with Crippen molar-refractivity contribution in [2.24, 2.45) is 5.41 Å². The van der Waals surface area contributed by atoms with Crippen molar-refractivity contribution in [1.29, 1.82) is 0 Å². The van der Waals surface area contributed by atoms with E-state index in [1.165, 1.54) is 0 Å². The largest absolute Gasteiger partial charge is 0.290 e. The van der Waals surface area contributed by atoms with E-state index in [0.29, 0.717) is 5.82 Å². The molecule has 0 aromatic carbocycles. The normalized spacial score (nSPS) is 18.6. The van der Waals surface area contributed by atoms with Crippen LogP contribution in [0.1, 0.15) is 45.1 Å². The Morgan fingerprint density at radius 2 is 2.04 bits per heavy atom. The summed E-state index contributed by atoms with van der Waals surface area (Å²) in [5.41, 5.74) is 1.08. The third-order valence-electron chi connectivity index (χ3n) is 4.81. The lowest BCUT2D eigenvalue weighted by atomic mass is 9.77. The summed E-state index contributed by atoms with van der Waals surface area (Å²) in [5.74, 6) is 0.697. The van der Waals surface area contributed by atoms with E-state index < -0.39 is 10.0 Å². The second kappa shape index (κ2) is 6.64. The third kappa shape index (κ3) is 3.84. The molecule has 0 saturated heterocycles. The van der Waals surface area contributed by atoms with Crippen molar-refractivity contribution in [3.8, 4) is 5.82 Å². The van der Waals surface area contributed by atoms with Gasteiger partial charge in [0.05, 0.1) is 5.25 Å². The van der Waals surface area contributed by atoms with E-state index >= 15 is 0 Å². The molecule has 1 aliphatic carbocycles. The average molecular weight is 348 g/mol. The van der Waals surface area contributed by atoms with Gasteiger partial charge in [-0.15, -0.1) is 0 Å². The Morgan fingerprint density at radius 3 is 2.71 bits per heavy atom. The molecular weight excluding hydrogens is 324 g/mol. The lowest BCUT2D eigenvalue weighted by Gasteiger charge is -2.33. The predicted molar refractivity (Wildman–Crippen MR) is 93.2 cm³/mol. The summed E-state index contributed by atoms with van der Waals surface area (Å²) in [5, 5.41) is -0.293. The van der Waals surface area contributed by atoms with Gasteiger partial charge in [0, 0.05) is 30.7 Å². The number of rotatable bonds is 5. The van der Waals surface area contributed by atoms with Gasteiger partial charge >= 0.3 is 0 Å². The SMILES string of the molecule is CC1(C)CCC(S(=O)(=O)NCc2cccnc2-n2ccnc2)CC1. The van der Waals surface area contributed by atoms with E-state index in [1.807, 2.05) is 12.1 Å². The van der Waals surface area contributed by atoms with Crippen LogP contribution < -0.4 is 4.72 Å². The number of hydrogen-bond acceptors (Lipinski definition) is 4. The maximum absolute atomic E-state index is 12.6. The maximum Gasteiger partial charge on any atom is 0.214 e. The molecule has 0 bridgehead atoms. The summed E-state index contributed by atoms with van der Waals surface area (Å²) in [6.07, 6.45) is 10.2. The number of aromatic nitrogens is 3. The highest BCUT2D eigenvalue weighted by molar-refractivity contribution is 7.90. The van der Waals surface area contributed by atoms with Crippen LogP contribution in [0.25, 0.3) is 5.82 Å². The van der Waals surface area contributed by atoms with Crippen LogP contribution in [0.2, 0.25) is 0 Å². The Bertz CT molecular complexity index is 775. The van der Waals surface area contributed by atoms with Gasteiger partial charge in [0.25, 0.3) is 0 Å². The highest BCUT2D eigenvalue weighted by Gasteiger charge is 2.34. The Kier molecular flexibility index (Phi) is 4.73. The molecule has 6 nitrogen and oxygen atoms in total. The Morgan fingerprint density at radius 1 is 1.29 bits per heavy atom. The minimum Gasteiger partial charge on any atom is -0.290 e. The van der Waals surface area contributed by atoms with Gasteiger partial charge in [0.1, 0.15) is 12.1 Å². The van der Waals surface area contributed by atoms with E-state index in [9.17, 15) is 8.42 Å². The summed E-state index contributed by atoms with van der Waals surface area (Å²) in [4.78, 5) is 8.36. The topological polar surface area (TPSA) is 76.9 Å². The molecule has 0 radical (unpaired) electrons. The van der Waals surface area contributed by atoms with Crippen LogP contribution in [0.15, 0.2) is 37.1 Å². The standard InChI is InChI=1S/C17H24N4O2S/c1-17(2)7-5-15(6-8-17)24(22,23)20-12-14-4-3-9-19-16(14)21-11-10-18-13-21/h3-4,9-11,13,15,20H,5-8,12H2,1-2H3. The number of pyridine rings is 1. The zero-order chi connectivity index (χ0) is 17.2. The number of sulfonamides is 1. The molecule has 1 aliphatic rings. The first-order valence-electron chi connectivity index (χ1n) is 8.28. The van der Waals surface area contributed by atoms with E-state index in [-0.39, 0.29) is 17.2 Å². The zero-order valence-corrected chi connectivity index (χ0v) is 15.0. The van der Waals surface area contributed by atoms with Crippen molar-refractivity contribution in [2.45, 2.75) is 51.3 Å². The first kappa shape index (κ1) is 17.1. The van der Waals surface area contributed by atoms with Crippen molar-refractivity contribution >= 4 is 10.0 Å². The van der Waals surface area contributed by atoms with Crippen LogP contribution in [-0.4, -0.2) is 28.2 Å². The second-order valence-corrected chi connectivity index (χ2v) is 9.23. The summed E-state index contributed by atoms with van der Waals surface area (Å²) >= 11 is 0. The van der Waals surface area contributed by atoms with Crippen molar-refractivity contribution in [1.82, 2.24) is 19.3 Å². The molecule has 24 heavy (non-hydrogen) atoms. The summed E-state index contributed by atoms with van der Waals surface area (Å²) in [6, 6.07) is 3.70. The molecule has 3 rings (SSSR count). The highest BCUT2D eigenvalue weighted by atomic mass is 32.2. The molecule has 130 valence electrons. The molecular formula is C17H24N4O2S. The van der Waals surface area contributed by atoms with Crippen molar-refractivity contribution in [2.75, 3.05) is 0 Å².